The number of aliphatic hydroxyl groups excluding tert-OH is 1. The molecule has 4 rings (SSSR count). The van der Waals surface area contributed by atoms with Crippen molar-refractivity contribution in [2.24, 2.45) is 5.92 Å². The second-order valence-electron chi connectivity index (χ2n) is 9.18. The van der Waals surface area contributed by atoms with Crippen LogP contribution in [-0.4, -0.2) is 38.6 Å². The molecule has 190 valence electrons. The van der Waals surface area contributed by atoms with Gasteiger partial charge in [0.05, 0.1) is 11.7 Å². The molecule has 2 aromatic heterocycles. The number of nitrogens with one attached hydrogen (secondary N) is 2. The van der Waals surface area contributed by atoms with Crippen LogP contribution in [0.4, 0.5) is 11.5 Å². The van der Waals surface area contributed by atoms with Crippen LogP contribution in [0.2, 0.25) is 0 Å². The molecule has 37 heavy (non-hydrogen) atoms. The Hall–Kier alpha value is -4.30. The van der Waals surface area contributed by atoms with Gasteiger partial charge in [-0.05, 0) is 73.4 Å². The summed E-state index contributed by atoms with van der Waals surface area (Å²) in [5.74, 6) is 1.62. The van der Waals surface area contributed by atoms with Crippen molar-refractivity contribution >= 4 is 34.4 Å². The van der Waals surface area contributed by atoms with Gasteiger partial charge < -0.3 is 20.5 Å². The molecule has 2 heterocycles. The minimum absolute atomic E-state index is 0.131. The number of benzene rings is 2. The molecule has 1 atom stereocenters. The normalized spacial score (nSPS) is 12.2. The van der Waals surface area contributed by atoms with Gasteiger partial charge in [-0.3, -0.25) is 9.78 Å². The van der Waals surface area contributed by atoms with Crippen molar-refractivity contribution in [3.8, 4) is 11.5 Å². The smallest absolute Gasteiger partial charge is 0.249 e. The average Bonchev–Trinajstić information content (AvgIpc) is 2.89. The summed E-state index contributed by atoms with van der Waals surface area (Å²) in [5.41, 5.74) is 4.53. The Labute approximate surface area is 216 Å². The van der Waals surface area contributed by atoms with Crippen molar-refractivity contribution in [3.05, 3.63) is 84.0 Å². The summed E-state index contributed by atoms with van der Waals surface area (Å²) in [4.78, 5) is 25.0. The van der Waals surface area contributed by atoms with E-state index >= 15 is 0 Å². The number of amides is 1. The number of hydrogen-bond donors (Lipinski definition) is 3. The van der Waals surface area contributed by atoms with E-state index in [4.69, 9.17) is 4.74 Å². The fourth-order valence-electron chi connectivity index (χ4n) is 3.66. The SMILES string of the molecule is Cc1ccc(Oc2ccc(Nc3ncnc4ccc(/C=C/CNC(=O)C(O)C(C)C)cc34)cc2C)cn1. The van der Waals surface area contributed by atoms with Gasteiger partial charge in [-0.25, -0.2) is 9.97 Å². The van der Waals surface area contributed by atoms with Gasteiger partial charge in [0.15, 0.2) is 0 Å². The lowest BCUT2D eigenvalue weighted by Crippen LogP contribution is -2.37. The summed E-state index contributed by atoms with van der Waals surface area (Å²) in [6.45, 7) is 7.85. The molecule has 0 spiro atoms. The zero-order valence-electron chi connectivity index (χ0n) is 21.4. The van der Waals surface area contributed by atoms with E-state index in [2.05, 4.69) is 25.6 Å². The monoisotopic (exact) mass is 497 g/mol. The number of rotatable bonds is 9. The van der Waals surface area contributed by atoms with Gasteiger partial charge in [0, 0.05) is 23.3 Å². The molecule has 0 aliphatic heterocycles. The van der Waals surface area contributed by atoms with E-state index < -0.39 is 6.10 Å². The number of carbonyl (C=O) groups is 1. The third-order valence-electron chi connectivity index (χ3n) is 5.81. The van der Waals surface area contributed by atoms with E-state index in [1.54, 1.807) is 20.0 Å². The highest BCUT2D eigenvalue weighted by atomic mass is 16.5. The van der Waals surface area contributed by atoms with Crippen molar-refractivity contribution < 1.29 is 14.6 Å². The average molecular weight is 498 g/mol. The third-order valence-corrected chi connectivity index (χ3v) is 5.81. The van der Waals surface area contributed by atoms with Crippen LogP contribution in [0.1, 0.15) is 30.7 Å². The summed E-state index contributed by atoms with van der Waals surface area (Å²) in [7, 11) is 0. The Bertz CT molecular complexity index is 1420. The number of carbonyl (C=O) groups excluding carboxylic acids is 1. The molecule has 2 aromatic carbocycles. The molecule has 0 saturated heterocycles. The number of hydrogen-bond acceptors (Lipinski definition) is 7. The van der Waals surface area contributed by atoms with Crippen molar-refractivity contribution in [3.63, 3.8) is 0 Å². The highest BCUT2D eigenvalue weighted by molar-refractivity contribution is 5.92. The van der Waals surface area contributed by atoms with Crippen LogP contribution in [0, 0.1) is 19.8 Å². The largest absolute Gasteiger partial charge is 0.455 e. The van der Waals surface area contributed by atoms with E-state index in [0.29, 0.717) is 18.1 Å². The maximum absolute atomic E-state index is 11.9. The molecule has 0 bridgehead atoms. The second-order valence-corrected chi connectivity index (χ2v) is 9.18. The molecule has 8 heteroatoms. The van der Waals surface area contributed by atoms with Gasteiger partial charge in [-0.2, -0.15) is 0 Å². The van der Waals surface area contributed by atoms with Crippen molar-refractivity contribution in [2.45, 2.75) is 33.8 Å². The predicted octanol–water partition coefficient (Wildman–Crippen LogP) is 5.32. The first-order valence-corrected chi connectivity index (χ1v) is 12.2. The Kier molecular flexibility index (Phi) is 8.10. The number of anilines is 2. The lowest BCUT2D eigenvalue weighted by molar-refractivity contribution is -0.131. The highest BCUT2D eigenvalue weighted by Gasteiger charge is 2.17. The van der Waals surface area contributed by atoms with Crippen LogP contribution in [0.3, 0.4) is 0 Å². The maximum atomic E-state index is 11.9. The number of fused-ring (bicyclic) bond motifs is 1. The van der Waals surface area contributed by atoms with Crippen molar-refractivity contribution in [1.29, 1.82) is 0 Å². The number of aryl methyl sites for hydroxylation is 2. The second kappa shape index (κ2) is 11.6. The summed E-state index contributed by atoms with van der Waals surface area (Å²) >= 11 is 0. The fourth-order valence-corrected chi connectivity index (χ4v) is 3.66. The molecule has 4 aromatic rings. The summed E-state index contributed by atoms with van der Waals surface area (Å²) in [6.07, 6.45) is 5.99. The zero-order chi connectivity index (χ0) is 26.4. The van der Waals surface area contributed by atoms with Gasteiger partial charge in [0.1, 0.15) is 29.7 Å². The minimum Gasteiger partial charge on any atom is -0.455 e. The first-order chi connectivity index (χ1) is 17.8. The quantitative estimate of drug-likeness (QED) is 0.287. The number of ether oxygens (including phenoxy) is 1. The van der Waals surface area contributed by atoms with Gasteiger partial charge in [-0.15, -0.1) is 0 Å². The van der Waals surface area contributed by atoms with E-state index in [-0.39, 0.29) is 11.8 Å². The Balaban J connectivity index is 1.47. The van der Waals surface area contributed by atoms with Gasteiger partial charge in [0.25, 0.3) is 0 Å². The van der Waals surface area contributed by atoms with Crippen molar-refractivity contribution in [1.82, 2.24) is 20.3 Å². The van der Waals surface area contributed by atoms with Crippen molar-refractivity contribution in [2.75, 3.05) is 11.9 Å². The highest BCUT2D eigenvalue weighted by Crippen LogP contribution is 2.30. The summed E-state index contributed by atoms with van der Waals surface area (Å²) < 4.78 is 5.98. The molecule has 0 saturated carbocycles. The predicted molar refractivity (Wildman–Crippen MR) is 146 cm³/mol. The first-order valence-electron chi connectivity index (χ1n) is 12.2. The van der Waals surface area contributed by atoms with Crippen LogP contribution in [0.5, 0.6) is 11.5 Å². The van der Waals surface area contributed by atoms with E-state index in [1.165, 1.54) is 6.33 Å². The third kappa shape index (κ3) is 6.68. The molecule has 0 aliphatic carbocycles. The molecule has 1 unspecified atom stereocenters. The standard InChI is InChI=1S/C29H31N5O3/c1-18(2)27(35)29(36)30-13-5-6-21-8-11-25-24(15-21)28(33-17-32-25)34-22-9-12-26(19(3)14-22)37-23-10-7-20(4)31-16-23/h5-12,14-18,27,35H,13H2,1-4H3,(H,30,36)(H,32,33,34)/b6-5+. The number of nitrogens with zero attached hydrogens (tertiary/aromatic N) is 3. The Morgan fingerprint density at radius 1 is 1.05 bits per heavy atom. The molecular formula is C29H31N5O3. The van der Waals surface area contributed by atoms with E-state index in [9.17, 15) is 9.90 Å². The maximum Gasteiger partial charge on any atom is 0.249 e. The van der Waals surface area contributed by atoms with Crippen LogP contribution in [0.25, 0.3) is 17.0 Å². The van der Waals surface area contributed by atoms with E-state index in [1.807, 2.05) is 74.5 Å². The van der Waals surface area contributed by atoms with Crippen LogP contribution in [-0.2, 0) is 4.79 Å². The molecule has 1 amide bonds. The summed E-state index contributed by atoms with van der Waals surface area (Å²) in [6, 6.07) is 15.6. The van der Waals surface area contributed by atoms with Crippen LogP contribution < -0.4 is 15.4 Å². The molecule has 8 nitrogen and oxygen atoms in total. The molecule has 0 radical (unpaired) electrons. The van der Waals surface area contributed by atoms with Crippen LogP contribution >= 0.6 is 0 Å². The fraction of sp³-hybridized carbons (Fsp3) is 0.241. The summed E-state index contributed by atoms with van der Waals surface area (Å²) in [5, 5.41) is 16.8. The van der Waals surface area contributed by atoms with Crippen LogP contribution in [0.15, 0.2) is 67.1 Å². The molecule has 0 aliphatic rings. The van der Waals surface area contributed by atoms with Gasteiger partial charge in [0.2, 0.25) is 5.91 Å². The molecular weight excluding hydrogens is 466 g/mol. The molecule has 3 N–H and O–H groups in total. The molecule has 0 fully saturated rings. The first kappa shape index (κ1) is 25.8. The lowest BCUT2D eigenvalue weighted by Gasteiger charge is -2.13. The number of aromatic nitrogens is 3. The van der Waals surface area contributed by atoms with Gasteiger partial charge >= 0.3 is 0 Å². The number of pyridine rings is 1. The Morgan fingerprint density at radius 3 is 2.62 bits per heavy atom. The Morgan fingerprint density at radius 2 is 1.89 bits per heavy atom. The van der Waals surface area contributed by atoms with Gasteiger partial charge in [-0.1, -0.05) is 32.1 Å². The topological polar surface area (TPSA) is 109 Å². The lowest BCUT2D eigenvalue weighted by atomic mass is 10.1. The minimum atomic E-state index is -1.01. The zero-order valence-corrected chi connectivity index (χ0v) is 21.4. The number of aliphatic hydroxyl groups is 1. The van der Waals surface area contributed by atoms with E-state index in [0.717, 1.165) is 39.2 Å².